The number of ether oxygens (including phenoxy) is 1. The van der Waals surface area contributed by atoms with Crippen LogP contribution in [-0.4, -0.2) is 24.2 Å². The van der Waals surface area contributed by atoms with Crippen LogP contribution in [0.3, 0.4) is 0 Å². The van der Waals surface area contributed by atoms with Crippen LogP contribution in [0.15, 0.2) is 23.8 Å². The molecule has 1 rings (SSSR count). The zero-order valence-electron chi connectivity index (χ0n) is 9.86. The van der Waals surface area contributed by atoms with Crippen LogP contribution in [0, 0.1) is 6.92 Å². The topological polar surface area (TPSA) is 43.6 Å². The van der Waals surface area contributed by atoms with Gasteiger partial charge in [0.05, 0.1) is 12.2 Å². The number of hydrogen-bond acceptors (Lipinski definition) is 3. The number of rotatable bonds is 3. The molecule has 0 saturated carbocycles. The molecule has 0 saturated heterocycles. The molecule has 0 aromatic carbocycles. The Kier molecular flexibility index (Phi) is 4.05. The fraction of sp³-hybridized carbons (Fsp3) is 0.333. The van der Waals surface area contributed by atoms with Gasteiger partial charge in [-0.25, -0.2) is 4.79 Å². The van der Waals surface area contributed by atoms with E-state index in [-0.39, 0.29) is 5.97 Å². The van der Waals surface area contributed by atoms with Gasteiger partial charge < -0.3 is 9.30 Å². The summed E-state index contributed by atoms with van der Waals surface area (Å²) in [5.74, 6) is -0.330. The first kappa shape index (κ1) is 12.2. The van der Waals surface area contributed by atoms with Crippen LogP contribution in [0.2, 0.25) is 0 Å². The summed E-state index contributed by atoms with van der Waals surface area (Å²) < 4.78 is 6.65. The summed E-state index contributed by atoms with van der Waals surface area (Å²) in [5, 5.41) is 0. The van der Waals surface area contributed by atoms with Gasteiger partial charge in [0.25, 0.3) is 0 Å². The largest absolute Gasteiger partial charge is 0.462 e. The van der Waals surface area contributed by atoms with Gasteiger partial charge in [0.1, 0.15) is 5.49 Å². The molecule has 0 amide bonds. The van der Waals surface area contributed by atoms with E-state index in [1.54, 1.807) is 37.0 Å². The summed E-state index contributed by atoms with van der Waals surface area (Å²) in [6.07, 6.45) is 3.28. The van der Waals surface area contributed by atoms with Gasteiger partial charge in [0, 0.05) is 19.4 Å². The molecule has 86 valence electrons. The zero-order valence-corrected chi connectivity index (χ0v) is 9.86. The van der Waals surface area contributed by atoms with Crippen LogP contribution in [0.25, 0.3) is 6.20 Å². The van der Waals surface area contributed by atoms with Gasteiger partial charge in [-0.1, -0.05) is 6.58 Å². The number of carbonyl (C=O) groups excluding carboxylic acids is 1. The fourth-order valence-electron chi connectivity index (χ4n) is 1.51. The Morgan fingerprint density at radius 1 is 1.69 bits per heavy atom. The molecule has 4 nitrogen and oxygen atoms in total. The maximum Gasteiger partial charge on any atom is 0.339 e. The number of nitrogens with zero attached hydrogens (tertiary/aromatic N) is 2. The number of hydrogen-bond donors (Lipinski definition) is 0. The van der Waals surface area contributed by atoms with Crippen molar-refractivity contribution in [2.45, 2.75) is 13.8 Å². The maximum atomic E-state index is 11.6. The van der Waals surface area contributed by atoms with Gasteiger partial charge in [-0.3, -0.25) is 4.99 Å². The molecule has 0 aliphatic heterocycles. The number of esters is 1. The molecule has 0 bridgehead atoms. The average Bonchev–Trinajstić information content (AvgIpc) is 2.28. The lowest BCUT2D eigenvalue weighted by Gasteiger charge is -2.07. The summed E-state index contributed by atoms with van der Waals surface area (Å²) in [6.45, 7) is 7.72. The Labute approximate surface area is 94.9 Å². The van der Waals surface area contributed by atoms with E-state index in [4.69, 9.17) is 4.74 Å². The van der Waals surface area contributed by atoms with Crippen LogP contribution < -0.4 is 5.49 Å². The van der Waals surface area contributed by atoms with Crippen molar-refractivity contribution in [3.05, 3.63) is 35.5 Å². The molecule has 0 spiro atoms. The molecule has 1 aromatic rings. The summed E-state index contributed by atoms with van der Waals surface area (Å²) in [6, 6.07) is 1.76. The zero-order chi connectivity index (χ0) is 12.1. The first-order valence-electron chi connectivity index (χ1n) is 5.09. The first-order chi connectivity index (χ1) is 7.63. The minimum Gasteiger partial charge on any atom is -0.462 e. The Balaban J connectivity index is 3.31. The molecule has 0 atom stereocenters. The van der Waals surface area contributed by atoms with Crippen LogP contribution in [-0.2, 0) is 4.74 Å². The minimum atomic E-state index is -0.330. The average molecular weight is 220 g/mol. The highest BCUT2D eigenvalue weighted by atomic mass is 16.5. The quantitative estimate of drug-likeness (QED) is 0.726. The van der Waals surface area contributed by atoms with Gasteiger partial charge in [0.2, 0.25) is 0 Å². The molecule has 1 heterocycles. The molecule has 0 unspecified atom stereocenters. The second-order valence-corrected chi connectivity index (χ2v) is 3.27. The van der Waals surface area contributed by atoms with Gasteiger partial charge >= 0.3 is 5.97 Å². The third-order valence-electron chi connectivity index (χ3n) is 2.17. The lowest BCUT2D eigenvalue weighted by Crippen LogP contribution is -2.21. The highest BCUT2D eigenvalue weighted by Gasteiger charge is 2.08. The van der Waals surface area contributed by atoms with Crippen LogP contribution in [0.5, 0.6) is 0 Å². The molecule has 4 heteroatoms. The summed E-state index contributed by atoms with van der Waals surface area (Å²) in [5.41, 5.74) is 2.20. The third kappa shape index (κ3) is 2.39. The van der Waals surface area contributed by atoms with Crippen molar-refractivity contribution in [2.24, 2.45) is 4.99 Å². The van der Waals surface area contributed by atoms with Crippen LogP contribution >= 0.6 is 0 Å². The van der Waals surface area contributed by atoms with E-state index in [0.29, 0.717) is 12.2 Å². The van der Waals surface area contributed by atoms with E-state index in [0.717, 1.165) is 11.1 Å². The van der Waals surface area contributed by atoms with Crippen LogP contribution in [0.4, 0.5) is 0 Å². The smallest absolute Gasteiger partial charge is 0.339 e. The molecule has 1 aromatic heterocycles. The van der Waals surface area contributed by atoms with Crippen molar-refractivity contribution in [3.8, 4) is 0 Å². The van der Waals surface area contributed by atoms with Crippen molar-refractivity contribution >= 4 is 12.2 Å². The first-order valence-corrected chi connectivity index (χ1v) is 5.09. The standard InChI is InChI=1S/C12H16N2O2/c1-5-14-8-10(12(15)16-6-2)7-9(3)11(14)13-4/h5,7-8H,1,6H2,2-4H3. The van der Waals surface area contributed by atoms with E-state index >= 15 is 0 Å². The number of pyridine rings is 1. The molecular weight excluding hydrogens is 204 g/mol. The Bertz CT molecular complexity index is 472. The number of aryl methyl sites for hydroxylation is 1. The molecule has 0 radical (unpaired) electrons. The molecule has 0 fully saturated rings. The fourth-order valence-corrected chi connectivity index (χ4v) is 1.51. The monoisotopic (exact) mass is 220 g/mol. The van der Waals surface area contributed by atoms with Gasteiger partial charge in [-0.05, 0) is 25.5 Å². The molecule has 0 aliphatic rings. The van der Waals surface area contributed by atoms with E-state index < -0.39 is 0 Å². The Morgan fingerprint density at radius 2 is 2.38 bits per heavy atom. The summed E-state index contributed by atoms with van der Waals surface area (Å²) in [7, 11) is 1.70. The Morgan fingerprint density at radius 3 is 2.88 bits per heavy atom. The lowest BCUT2D eigenvalue weighted by atomic mass is 10.2. The van der Waals surface area contributed by atoms with Gasteiger partial charge in [-0.2, -0.15) is 0 Å². The van der Waals surface area contributed by atoms with Crippen molar-refractivity contribution in [1.82, 2.24) is 4.57 Å². The van der Waals surface area contributed by atoms with Crippen molar-refractivity contribution < 1.29 is 9.53 Å². The lowest BCUT2D eigenvalue weighted by molar-refractivity contribution is 0.0525. The summed E-state index contributed by atoms with van der Waals surface area (Å²) in [4.78, 5) is 15.7. The van der Waals surface area contributed by atoms with E-state index in [1.165, 1.54) is 0 Å². The summed E-state index contributed by atoms with van der Waals surface area (Å²) >= 11 is 0. The SMILES string of the molecule is C=Cn1cc(C(=O)OCC)cc(C)c1=NC. The molecule has 16 heavy (non-hydrogen) atoms. The highest BCUT2D eigenvalue weighted by molar-refractivity contribution is 5.89. The van der Waals surface area contributed by atoms with E-state index in [1.807, 2.05) is 6.92 Å². The predicted molar refractivity (Wildman–Crippen MR) is 63.0 cm³/mol. The van der Waals surface area contributed by atoms with Gasteiger partial charge in [-0.15, -0.1) is 0 Å². The van der Waals surface area contributed by atoms with Crippen molar-refractivity contribution in [3.63, 3.8) is 0 Å². The molecule has 0 N–H and O–H groups in total. The second-order valence-electron chi connectivity index (χ2n) is 3.27. The highest BCUT2D eigenvalue weighted by Crippen LogP contribution is 2.03. The second kappa shape index (κ2) is 5.30. The number of carbonyl (C=O) groups is 1. The van der Waals surface area contributed by atoms with Crippen molar-refractivity contribution in [2.75, 3.05) is 13.7 Å². The van der Waals surface area contributed by atoms with E-state index in [2.05, 4.69) is 11.6 Å². The van der Waals surface area contributed by atoms with E-state index in [9.17, 15) is 4.79 Å². The minimum absolute atomic E-state index is 0.330. The molecular formula is C12H16N2O2. The number of aromatic nitrogens is 1. The molecule has 0 aliphatic carbocycles. The normalized spacial score (nSPS) is 11.3. The van der Waals surface area contributed by atoms with Gasteiger partial charge in [0.15, 0.2) is 0 Å². The van der Waals surface area contributed by atoms with Crippen molar-refractivity contribution in [1.29, 1.82) is 0 Å². The van der Waals surface area contributed by atoms with Crippen LogP contribution in [0.1, 0.15) is 22.8 Å². The third-order valence-corrected chi connectivity index (χ3v) is 2.17. The predicted octanol–water partition coefficient (Wildman–Crippen LogP) is 1.60. The maximum absolute atomic E-state index is 11.6. The Hall–Kier alpha value is -1.84.